The zero-order chi connectivity index (χ0) is 37.8. The van der Waals surface area contributed by atoms with Gasteiger partial charge in [0.15, 0.2) is 0 Å². The summed E-state index contributed by atoms with van der Waals surface area (Å²) in [5.74, 6) is 0. The lowest BCUT2D eigenvalue weighted by molar-refractivity contribution is 0.660. The highest BCUT2D eigenvalue weighted by molar-refractivity contribution is 6.06. The Bertz CT molecular complexity index is 3030. The van der Waals surface area contributed by atoms with Crippen LogP contribution in [0, 0.1) is 0 Å². The maximum atomic E-state index is 6.16. The van der Waals surface area contributed by atoms with Crippen molar-refractivity contribution in [3.8, 4) is 44.5 Å². The van der Waals surface area contributed by atoms with Gasteiger partial charge >= 0.3 is 0 Å². The van der Waals surface area contributed by atoms with E-state index in [1.165, 1.54) is 72.4 Å². The van der Waals surface area contributed by atoms with E-state index in [0.29, 0.717) is 0 Å². The first-order chi connectivity index (χ1) is 27.3. The van der Waals surface area contributed by atoms with Crippen molar-refractivity contribution in [1.82, 2.24) is 0 Å². The summed E-state index contributed by atoms with van der Waals surface area (Å²) in [7, 11) is 0. The number of nitrogens with zero attached hydrogens (tertiary/aromatic N) is 1. The molecule has 0 saturated carbocycles. The first-order valence-electron chi connectivity index (χ1n) is 19.7. The second-order valence-electron chi connectivity index (χ2n) is 16.5. The fourth-order valence-corrected chi connectivity index (χ4v) is 9.96. The molecule has 0 N–H and O–H groups in total. The molecule has 0 bridgehead atoms. The van der Waals surface area contributed by atoms with Gasteiger partial charge in [0.2, 0.25) is 0 Å². The maximum Gasteiger partial charge on any atom is 0.135 e. The van der Waals surface area contributed by atoms with Crippen LogP contribution in [0.25, 0.3) is 66.4 Å². The average Bonchev–Trinajstić information content (AvgIpc) is 3.81. The number of anilines is 3. The number of para-hydroxylation sites is 1. The van der Waals surface area contributed by atoms with E-state index in [2.05, 4.69) is 196 Å². The Kier molecular flexibility index (Phi) is 6.98. The van der Waals surface area contributed by atoms with E-state index in [-0.39, 0.29) is 10.8 Å². The highest BCUT2D eigenvalue weighted by Gasteiger charge is 2.39. The smallest absolute Gasteiger partial charge is 0.135 e. The van der Waals surface area contributed by atoms with Crippen LogP contribution in [0.5, 0.6) is 0 Å². The van der Waals surface area contributed by atoms with Crippen molar-refractivity contribution in [2.75, 3.05) is 4.90 Å². The quantitative estimate of drug-likeness (QED) is 0.176. The molecule has 2 aliphatic carbocycles. The van der Waals surface area contributed by atoms with Gasteiger partial charge in [0.1, 0.15) is 11.2 Å². The van der Waals surface area contributed by atoms with Gasteiger partial charge in [-0.1, -0.05) is 155 Å². The number of furan rings is 1. The summed E-state index contributed by atoms with van der Waals surface area (Å²) >= 11 is 0. The second-order valence-corrected chi connectivity index (χ2v) is 16.5. The fraction of sp³-hybridized carbons (Fsp3) is 0.111. The van der Waals surface area contributed by atoms with Crippen LogP contribution in [0.15, 0.2) is 180 Å². The Morgan fingerprint density at radius 2 is 1.02 bits per heavy atom. The lowest BCUT2D eigenvalue weighted by Gasteiger charge is -2.30. The molecule has 0 spiro atoms. The minimum atomic E-state index is -0.116. The van der Waals surface area contributed by atoms with E-state index in [4.69, 9.17) is 4.42 Å². The molecule has 0 amide bonds. The molecule has 0 aliphatic heterocycles. The molecule has 0 fully saturated rings. The van der Waals surface area contributed by atoms with Crippen LogP contribution in [0.1, 0.15) is 49.9 Å². The van der Waals surface area contributed by atoms with E-state index < -0.39 is 0 Å². The number of hydrogen-bond donors (Lipinski definition) is 0. The molecule has 0 atom stereocenters. The third-order valence-corrected chi connectivity index (χ3v) is 12.7. The normalized spacial score (nSPS) is 14.4. The number of fused-ring (bicyclic) bond motifs is 9. The van der Waals surface area contributed by atoms with Gasteiger partial charge in [-0.25, -0.2) is 0 Å². The predicted molar refractivity (Wildman–Crippen MR) is 234 cm³/mol. The lowest BCUT2D eigenvalue weighted by atomic mass is 9.79. The zero-order valence-corrected chi connectivity index (χ0v) is 32.1. The molecule has 2 nitrogen and oxygen atoms in total. The summed E-state index contributed by atoms with van der Waals surface area (Å²) in [4.78, 5) is 2.47. The topological polar surface area (TPSA) is 16.4 Å². The Morgan fingerprint density at radius 3 is 1.86 bits per heavy atom. The average molecular weight is 720 g/mol. The highest BCUT2D eigenvalue weighted by Crippen LogP contribution is 2.55. The van der Waals surface area contributed by atoms with Crippen molar-refractivity contribution in [3.63, 3.8) is 0 Å². The zero-order valence-electron chi connectivity index (χ0n) is 32.1. The first kappa shape index (κ1) is 32.8. The van der Waals surface area contributed by atoms with Crippen LogP contribution in [0.4, 0.5) is 17.1 Å². The van der Waals surface area contributed by atoms with Crippen molar-refractivity contribution in [1.29, 1.82) is 0 Å². The van der Waals surface area contributed by atoms with E-state index >= 15 is 0 Å². The van der Waals surface area contributed by atoms with E-state index in [1.54, 1.807) is 0 Å². The molecule has 268 valence electrons. The summed E-state index contributed by atoms with van der Waals surface area (Å²) in [5, 5.41) is 2.28. The molecule has 0 saturated heterocycles. The monoisotopic (exact) mass is 719 g/mol. The number of rotatable bonds is 5. The van der Waals surface area contributed by atoms with Gasteiger partial charge in [-0.2, -0.15) is 0 Å². The molecular weight excluding hydrogens is 679 g/mol. The molecule has 0 unspecified atom stereocenters. The molecule has 0 radical (unpaired) electrons. The highest BCUT2D eigenvalue weighted by atomic mass is 16.3. The van der Waals surface area contributed by atoms with E-state index in [0.717, 1.165) is 33.3 Å². The minimum absolute atomic E-state index is 0.111. The summed E-state index contributed by atoms with van der Waals surface area (Å²) < 4.78 is 6.16. The van der Waals surface area contributed by atoms with Crippen molar-refractivity contribution in [2.45, 2.75) is 38.5 Å². The third-order valence-electron chi connectivity index (χ3n) is 12.7. The van der Waals surface area contributed by atoms with Gasteiger partial charge in [0.25, 0.3) is 0 Å². The molecule has 11 rings (SSSR count). The van der Waals surface area contributed by atoms with E-state index in [9.17, 15) is 0 Å². The van der Waals surface area contributed by atoms with Crippen LogP contribution < -0.4 is 4.90 Å². The van der Waals surface area contributed by atoms with Crippen LogP contribution >= 0.6 is 0 Å². The minimum Gasteiger partial charge on any atom is -0.456 e. The van der Waals surface area contributed by atoms with E-state index in [1.807, 2.05) is 12.1 Å². The Morgan fingerprint density at radius 1 is 0.393 bits per heavy atom. The standard InChI is InChI=1S/C54H41NO/c1-53(2)46-22-9-6-18-43(46)51-47(53)23-13-24-48(51)55(37-29-26-34(27-30-37)35-28-31-50-44(33-35)41-17-7-10-25-49(41)56-50)38-15-11-14-36(32-38)39-19-12-20-42-40-16-5-8-21-45(40)54(3,4)52(39)42/h5-33H,1-4H3. The summed E-state index contributed by atoms with van der Waals surface area (Å²) in [5.41, 5.74) is 20.7. The summed E-state index contributed by atoms with van der Waals surface area (Å²) in [6.07, 6.45) is 0. The van der Waals surface area contributed by atoms with Crippen LogP contribution in [0.3, 0.4) is 0 Å². The van der Waals surface area contributed by atoms with Gasteiger partial charge in [0.05, 0.1) is 5.69 Å². The molecule has 1 aromatic heterocycles. The summed E-state index contributed by atoms with van der Waals surface area (Å²) in [6.45, 7) is 9.46. The molecule has 2 aliphatic rings. The van der Waals surface area contributed by atoms with Gasteiger partial charge in [0, 0.05) is 38.5 Å². The predicted octanol–water partition coefficient (Wildman–Crippen LogP) is 15.0. The third kappa shape index (κ3) is 4.69. The number of benzene rings is 8. The van der Waals surface area contributed by atoms with Crippen LogP contribution in [0.2, 0.25) is 0 Å². The van der Waals surface area contributed by atoms with Gasteiger partial charge in [-0.3, -0.25) is 0 Å². The first-order valence-corrected chi connectivity index (χ1v) is 19.7. The van der Waals surface area contributed by atoms with Crippen molar-refractivity contribution in [2.24, 2.45) is 0 Å². The summed E-state index contributed by atoms with van der Waals surface area (Å²) in [6, 6.07) is 64.6. The largest absolute Gasteiger partial charge is 0.456 e. The molecular formula is C54H41NO. The fourth-order valence-electron chi connectivity index (χ4n) is 9.96. The van der Waals surface area contributed by atoms with Crippen molar-refractivity contribution >= 4 is 39.0 Å². The van der Waals surface area contributed by atoms with Gasteiger partial charge in [-0.05, 0) is 110 Å². The second kappa shape index (κ2) is 11.9. The maximum absolute atomic E-state index is 6.16. The molecule has 56 heavy (non-hydrogen) atoms. The van der Waals surface area contributed by atoms with Crippen molar-refractivity contribution < 1.29 is 4.42 Å². The lowest BCUT2D eigenvalue weighted by Crippen LogP contribution is -2.16. The van der Waals surface area contributed by atoms with Crippen molar-refractivity contribution in [3.05, 3.63) is 198 Å². The Balaban J connectivity index is 1.08. The van der Waals surface area contributed by atoms with Crippen LogP contribution in [-0.2, 0) is 10.8 Å². The Labute approximate surface area is 328 Å². The SMILES string of the molecule is CC1(C)c2ccccc2-c2c(N(c3ccc(-c4ccc5oc6ccccc6c5c4)cc3)c3cccc(-c4cccc5c4C(C)(C)c4ccccc4-5)c3)cccc21. The molecule has 8 aromatic carbocycles. The molecule has 1 heterocycles. The van der Waals surface area contributed by atoms with Crippen LogP contribution in [-0.4, -0.2) is 0 Å². The number of hydrogen-bond acceptors (Lipinski definition) is 2. The van der Waals surface area contributed by atoms with Gasteiger partial charge in [-0.15, -0.1) is 0 Å². The molecule has 9 aromatic rings. The van der Waals surface area contributed by atoms with Gasteiger partial charge < -0.3 is 9.32 Å². The molecule has 2 heteroatoms. The Hall–Kier alpha value is -6.64.